The molecule has 1 fully saturated rings. The van der Waals surface area contributed by atoms with Gasteiger partial charge in [0.15, 0.2) is 11.7 Å². The molecular weight excluding hydrogens is 459 g/mol. The number of aliphatic imine (C=N–C) groups is 1. The fourth-order valence-corrected chi connectivity index (χ4v) is 3.88. The SMILES string of the molecule is CCNC(=NCc1cc(-c2ccccc2)on1)NC1CCC(SC)C1.I. The summed E-state index contributed by atoms with van der Waals surface area (Å²) in [5, 5.41) is 11.8. The second kappa shape index (κ2) is 10.8. The molecule has 2 N–H and O–H groups in total. The van der Waals surface area contributed by atoms with Crippen molar-refractivity contribution >= 4 is 41.7 Å². The van der Waals surface area contributed by atoms with Gasteiger partial charge in [-0.3, -0.25) is 0 Å². The second-order valence-corrected chi connectivity index (χ2v) is 7.39. The van der Waals surface area contributed by atoms with Crippen molar-refractivity contribution in [1.29, 1.82) is 0 Å². The summed E-state index contributed by atoms with van der Waals surface area (Å²) in [7, 11) is 0. The molecule has 1 saturated carbocycles. The average Bonchev–Trinajstić information content (AvgIpc) is 3.30. The highest BCUT2D eigenvalue weighted by molar-refractivity contribution is 14.0. The van der Waals surface area contributed by atoms with Crippen molar-refractivity contribution in [3.05, 3.63) is 42.1 Å². The van der Waals surface area contributed by atoms with Crippen molar-refractivity contribution in [1.82, 2.24) is 15.8 Å². The molecule has 0 radical (unpaired) electrons. The van der Waals surface area contributed by atoms with Gasteiger partial charge in [0.25, 0.3) is 0 Å². The van der Waals surface area contributed by atoms with Gasteiger partial charge in [0.2, 0.25) is 0 Å². The number of aromatic nitrogens is 1. The number of rotatable bonds is 6. The Kier molecular flexibility index (Phi) is 8.77. The van der Waals surface area contributed by atoms with Gasteiger partial charge in [-0.15, -0.1) is 24.0 Å². The standard InChI is InChI=1S/C19H26N4OS.HI/c1-3-20-19(22-15-9-10-17(11-15)25-2)21-13-16-12-18(24-23-16)14-7-5-4-6-8-14;/h4-8,12,15,17H,3,9-11,13H2,1-2H3,(H2,20,21,22);1H. The van der Waals surface area contributed by atoms with Crippen molar-refractivity contribution in [2.75, 3.05) is 12.8 Å². The first kappa shape index (κ1) is 21.1. The third kappa shape index (κ3) is 5.90. The number of guanidine groups is 1. The highest BCUT2D eigenvalue weighted by Crippen LogP contribution is 2.28. The minimum Gasteiger partial charge on any atom is -0.357 e. The minimum absolute atomic E-state index is 0. The number of benzene rings is 1. The molecule has 0 aliphatic heterocycles. The molecule has 5 nitrogen and oxygen atoms in total. The van der Waals surface area contributed by atoms with E-state index in [0.29, 0.717) is 12.6 Å². The number of nitrogens with zero attached hydrogens (tertiary/aromatic N) is 2. The molecule has 2 atom stereocenters. The molecule has 0 saturated heterocycles. The Labute approximate surface area is 176 Å². The summed E-state index contributed by atoms with van der Waals surface area (Å²) < 4.78 is 5.44. The van der Waals surface area contributed by atoms with Gasteiger partial charge in [-0.05, 0) is 32.4 Å². The van der Waals surface area contributed by atoms with Crippen molar-refractivity contribution in [2.24, 2.45) is 4.99 Å². The third-order valence-corrected chi connectivity index (χ3v) is 5.51. The average molecular weight is 486 g/mol. The van der Waals surface area contributed by atoms with Gasteiger partial charge in [0, 0.05) is 29.5 Å². The lowest BCUT2D eigenvalue weighted by atomic mass is 10.2. The molecule has 3 rings (SSSR count). The Morgan fingerprint density at radius 2 is 2.12 bits per heavy atom. The fourth-order valence-electron chi connectivity index (χ4n) is 3.08. The molecule has 0 spiro atoms. The number of hydrogen-bond donors (Lipinski definition) is 2. The van der Waals surface area contributed by atoms with Gasteiger partial charge in [-0.25, -0.2) is 4.99 Å². The Balaban J connectivity index is 0.00000243. The molecule has 2 aromatic rings. The van der Waals surface area contributed by atoms with Gasteiger partial charge < -0.3 is 15.2 Å². The Morgan fingerprint density at radius 3 is 2.81 bits per heavy atom. The maximum absolute atomic E-state index is 5.44. The molecule has 7 heteroatoms. The van der Waals surface area contributed by atoms with Crippen molar-refractivity contribution in [3.63, 3.8) is 0 Å². The molecule has 1 heterocycles. The predicted molar refractivity (Wildman–Crippen MR) is 120 cm³/mol. The molecule has 1 aliphatic carbocycles. The van der Waals surface area contributed by atoms with Crippen LogP contribution >= 0.6 is 35.7 Å². The van der Waals surface area contributed by atoms with Gasteiger partial charge in [0.1, 0.15) is 5.69 Å². The van der Waals surface area contributed by atoms with Crippen LogP contribution in [0.25, 0.3) is 11.3 Å². The van der Waals surface area contributed by atoms with Gasteiger partial charge >= 0.3 is 0 Å². The van der Waals surface area contributed by atoms with E-state index in [1.807, 2.05) is 48.2 Å². The summed E-state index contributed by atoms with van der Waals surface area (Å²) in [5.41, 5.74) is 1.87. The number of thioether (sulfide) groups is 1. The lowest BCUT2D eigenvalue weighted by Gasteiger charge is -2.17. The summed E-state index contributed by atoms with van der Waals surface area (Å²) in [6.07, 6.45) is 5.88. The van der Waals surface area contributed by atoms with E-state index in [1.54, 1.807) is 0 Å². The van der Waals surface area contributed by atoms with E-state index in [9.17, 15) is 0 Å². The van der Waals surface area contributed by atoms with E-state index < -0.39 is 0 Å². The molecule has 0 bridgehead atoms. The summed E-state index contributed by atoms with van der Waals surface area (Å²) in [5.74, 6) is 1.64. The molecule has 0 amide bonds. The van der Waals surface area contributed by atoms with Crippen LogP contribution in [0.15, 0.2) is 45.9 Å². The Morgan fingerprint density at radius 1 is 1.31 bits per heavy atom. The number of halogens is 1. The first-order chi connectivity index (χ1) is 12.3. The molecule has 26 heavy (non-hydrogen) atoms. The van der Waals surface area contributed by atoms with E-state index in [1.165, 1.54) is 19.3 Å². The van der Waals surface area contributed by atoms with Crippen molar-refractivity contribution in [3.8, 4) is 11.3 Å². The first-order valence-corrected chi connectivity index (χ1v) is 10.2. The minimum atomic E-state index is 0. The fraction of sp³-hybridized carbons (Fsp3) is 0.474. The molecule has 142 valence electrons. The van der Waals surface area contributed by atoms with Crippen LogP contribution < -0.4 is 10.6 Å². The third-order valence-electron chi connectivity index (χ3n) is 4.42. The number of hydrogen-bond acceptors (Lipinski definition) is 4. The normalized spacial score (nSPS) is 19.8. The van der Waals surface area contributed by atoms with Crippen LogP contribution in [0.4, 0.5) is 0 Å². The summed E-state index contributed by atoms with van der Waals surface area (Å²) in [6.45, 7) is 3.43. The van der Waals surface area contributed by atoms with Gasteiger partial charge in [-0.2, -0.15) is 11.8 Å². The molecule has 1 aromatic carbocycles. The van der Waals surface area contributed by atoms with Crippen LogP contribution in [0, 0.1) is 0 Å². The smallest absolute Gasteiger partial charge is 0.191 e. The van der Waals surface area contributed by atoms with Gasteiger partial charge in [-0.1, -0.05) is 35.5 Å². The van der Waals surface area contributed by atoms with Crippen LogP contribution in [0.2, 0.25) is 0 Å². The molecule has 1 aromatic heterocycles. The quantitative estimate of drug-likeness (QED) is 0.362. The molecular formula is C19H27IN4OS. The van der Waals surface area contributed by atoms with Gasteiger partial charge in [0.05, 0.1) is 6.54 Å². The van der Waals surface area contributed by atoms with Crippen molar-refractivity contribution < 1.29 is 4.52 Å². The maximum atomic E-state index is 5.44. The van der Waals surface area contributed by atoms with Crippen LogP contribution in [-0.4, -0.2) is 35.2 Å². The lowest BCUT2D eigenvalue weighted by Crippen LogP contribution is -2.42. The number of nitrogens with one attached hydrogen (secondary N) is 2. The monoisotopic (exact) mass is 486 g/mol. The van der Waals surface area contributed by atoms with E-state index in [-0.39, 0.29) is 24.0 Å². The van der Waals surface area contributed by atoms with E-state index in [0.717, 1.165) is 34.8 Å². The summed E-state index contributed by atoms with van der Waals surface area (Å²) >= 11 is 1.96. The topological polar surface area (TPSA) is 62.5 Å². The van der Waals surface area contributed by atoms with E-state index in [2.05, 4.69) is 34.0 Å². The highest BCUT2D eigenvalue weighted by Gasteiger charge is 2.24. The van der Waals surface area contributed by atoms with E-state index >= 15 is 0 Å². The second-order valence-electron chi connectivity index (χ2n) is 6.26. The van der Waals surface area contributed by atoms with Crippen LogP contribution in [0.1, 0.15) is 31.9 Å². The van der Waals surface area contributed by atoms with Crippen molar-refractivity contribution in [2.45, 2.75) is 44.0 Å². The largest absolute Gasteiger partial charge is 0.357 e. The zero-order valence-electron chi connectivity index (χ0n) is 15.3. The van der Waals surface area contributed by atoms with Crippen LogP contribution in [-0.2, 0) is 6.54 Å². The summed E-state index contributed by atoms with van der Waals surface area (Å²) in [6, 6.07) is 12.5. The lowest BCUT2D eigenvalue weighted by molar-refractivity contribution is 0.424. The van der Waals surface area contributed by atoms with Crippen LogP contribution in [0.5, 0.6) is 0 Å². The Bertz CT molecular complexity index is 692. The molecule has 1 aliphatic rings. The zero-order chi connectivity index (χ0) is 17.5. The maximum Gasteiger partial charge on any atom is 0.191 e. The predicted octanol–water partition coefficient (Wildman–Crippen LogP) is 4.30. The zero-order valence-corrected chi connectivity index (χ0v) is 18.4. The summed E-state index contributed by atoms with van der Waals surface area (Å²) in [4.78, 5) is 4.67. The van der Waals surface area contributed by atoms with Crippen LogP contribution in [0.3, 0.4) is 0 Å². The highest BCUT2D eigenvalue weighted by atomic mass is 127. The Hall–Kier alpha value is -1.22. The first-order valence-electron chi connectivity index (χ1n) is 8.87. The molecule has 2 unspecified atom stereocenters. The van der Waals surface area contributed by atoms with E-state index in [4.69, 9.17) is 4.52 Å².